The summed E-state index contributed by atoms with van der Waals surface area (Å²) in [6.45, 7) is 4.72. The summed E-state index contributed by atoms with van der Waals surface area (Å²) in [6.07, 6.45) is -11.5. The average molecular weight is 412 g/mol. The van der Waals surface area contributed by atoms with E-state index in [1.54, 1.807) is 13.8 Å². The molecule has 2 rings (SSSR count). The predicted molar refractivity (Wildman–Crippen MR) is 86.7 cm³/mol. The van der Waals surface area contributed by atoms with Crippen molar-refractivity contribution in [2.75, 3.05) is 6.61 Å². The van der Waals surface area contributed by atoms with Gasteiger partial charge in [0.25, 0.3) is 0 Å². The first kappa shape index (κ1) is 21.9. The molecule has 0 spiro atoms. The lowest BCUT2D eigenvalue weighted by Gasteiger charge is -2.30. The van der Waals surface area contributed by atoms with E-state index in [4.69, 9.17) is 4.74 Å². The summed E-state index contributed by atoms with van der Waals surface area (Å²) in [5.41, 5.74) is -0.859. The highest BCUT2D eigenvalue weighted by Gasteiger charge is 2.49. The van der Waals surface area contributed by atoms with E-state index in [1.807, 2.05) is 0 Å². The van der Waals surface area contributed by atoms with Gasteiger partial charge in [-0.15, -0.1) is 13.2 Å². The molecule has 1 aliphatic rings. The second-order valence-electron chi connectivity index (χ2n) is 6.51. The number of rotatable bonds is 5. The second kappa shape index (κ2) is 7.92. The zero-order valence-corrected chi connectivity index (χ0v) is 15.2. The van der Waals surface area contributed by atoms with Gasteiger partial charge >= 0.3 is 18.5 Å². The molecular weight excluding hydrogens is 394 g/mol. The van der Waals surface area contributed by atoms with Crippen LogP contribution in [-0.4, -0.2) is 31.2 Å². The van der Waals surface area contributed by atoms with Crippen LogP contribution in [0.15, 0.2) is 17.7 Å². The number of hydrogen-bond donors (Lipinski definition) is 0. The molecule has 1 aromatic rings. The van der Waals surface area contributed by atoms with E-state index in [0.29, 0.717) is 0 Å². The van der Waals surface area contributed by atoms with Gasteiger partial charge in [0.2, 0.25) is 6.10 Å². The summed E-state index contributed by atoms with van der Waals surface area (Å²) >= 11 is 0. The molecule has 1 unspecified atom stereocenters. The normalized spacial score (nSPS) is 16.9. The SMILES string of the molecule is CCOC(=O)C1=Cc2cc(OC(F)(F)F)cc(CC(C)C)c2OC1C(F)(F)F. The molecule has 0 radical (unpaired) electrons. The third kappa shape index (κ3) is 5.32. The fraction of sp³-hybridized carbons (Fsp3) is 0.500. The molecule has 28 heavy (non-hydrogen) atoms. The van der Waals surface area contributed by atoms with Gasteiger partial charge in [-0.25, -0.2) is 4.79 Å². The maximum absolute atomic E-state index is 13.4. The summed E-state index contributed by atoms with van der Waals surface area (Å²) in [7, 11) is 0. The molecule has 156 valence electrons. The van der Waals surface area contributed by atoms with Crippen LogP contribution in [-0.2, 0) is 16.0 Å². The van der Waals surface area contributed by atoms with Crippen molar-refractivity contribution in [1.29, 1.82) is 0 Å². The van der Waals surface area contributed by atoms with Gasteiger partial charge < -0.3 is 14.2 Å². The van der Waals surface area contributed by atoms with Gasteiger partial charge in [-0.05, 0) is 43.0 Å². The first-order valence-corrected chi connectivity index (χ1v) is 8.36. The molecular formula is C18H18F6O4. The third-order valence-corrected chi connectivity index (χ3v) is 3.67. The number of fused-ring (bicyclic) bond motifs is 1. The zero-order chi connectivity index (χ0) is 21.3. The van der Waals surface area contributed by atoms with Crippen LogP contribution in [0.2, 0.25) is 0 Å². The van der Waals surface area contributed by atoms with Gasteiger partial charge in [0.15, 0.2) is 0 Å². The van der Waals surface area contributed by atoms with E-state index < -0.39 is 35.9 Å². The third-order valence-electron chi connectivity index (χ3n) is 3.67. The van der Waals surface area contributed by atoms with E-state index in [2.05, 4.69) is 9.47 Å². The number of benzene rings is 1. The van der Waals surface area contributed by atoms with Gasteiger partial charge in [0.1, 0.15) is 11.5 Å². The van der Waals surface area contributed by atoms with E-state index in [0.717, 1.165) is 18.2 Å². The van der Waals surface area contributed by atoms with Gasteiger partial charge in [0, 0.05) is 5.56 Å². The number of alkyl halides is 6. The number of esters is 1. The second-order valence-corrected chi connectivity index (χ2v) is 6.51. The molecule has 1 aliphatic heterocycles. The summed E-state index contributed by atoms with van der Waals surface area (Å²) in [4.78, 5) is 12.0. The molecule has 0 saturated heterocycles. The maximum atomic E-state index is 13.4. The van der Waals surface area contributed by atoms with E-state index in [9.17, 15) is 31.1 Å². The number of carbonyl (C=O) groups excluding carboxylic acids is 1. The summed E-state index contributed by atoms with van der Waals surface area (Å²) in [5, 5.41) is 0. The number of halogens is 6. The zero-order valence-electron chi connectivity index (χ0n) is 15.2. The first-order valence-electron chi connectivity index (χ1n) is 8.36. The standard InChI is InChI=1S/C18H18F6O4/c1-4-26-16(25)13-8-11-7-12(28-18(22,23)24)6-10(5-9(2)3)14(11)27-15(13)17(19,20)21/h6-9,15H,4-5H2,1-3H3. The highest BCUT2D eigenvalue weighted by Crippen LogP contribution is 2.42. The Morgan fingerprint density at radius 1 is 1.18 bits per heavy atom. The van der Waals surface area contributed by atoms with Crippen LogP contribution in [0.3, 0.4) is 0 Å². The molecule has 0 fully saturated rings. The minimum Gasteiger partial charge on any atom is -0.475 e. The van der Waals surface area contributed by atoms with Crippen LogP contribution >= 0.6 is 0 Å². The molecule has 1 aromatic carbocycles. The van der Waals surface area contributed by atoms with Crippen LogP contribution in [0.4, 0.5) is 26.3 Å². The molecule has 1 atom stereocenters. The molecule has 10 heteroatoms. The van der Waals surface area contributed by atoms with Crippen molar-refractivity contribution in [3.05, 3.63) is 28.8 Å². The van der Waals surface area contributed by atoms with Crippen molar-refractivity contribution in [1.82, 2.24) is 0 Å². The lowest BCUT2D eigenvalue weighted by Crippen LogP contribution is -2.41. The van der Waals surface area contributed by atoms with Crippen LogP contribution < -0.4 is 9.47 Å². The molecule has 0 bridgehead atoms. The van der Waals surface area contributed by atoms with E-state index >= 15 is 0 Å². The van der Waals surface area contributed by atoms with Crippen molar-refractivity contribution in [2.24, 2.45) is 5.92 Å². The molecule has 0 aromatic heterocycles. The van der Waals surface area contributed by atoms with Crippen LogP contribution in [0.5, 0.6) is 11.5 Å². The number of hydrogen-bond acceptors (Lipinski definition) is 4. The van der Waals surface area contributed by atoms with Crippen LogP contribution in [0, 0.1) is 5.92 Å². The molecule has 1 heterocycles. The van der Waals surface area contributed by atoms with Gasteiger partial charge in [-0.1, -0.05) is 13.8 Å². The Kier molecular flexibility index (Phi) is 6.20. The molecule has 0 N–H and O–H groups in total. The Bertz CT molecular complexity index is 765. The van der Waals surface area contributed by atoms with Crippen LogP contribution in [0.25, 0.3) is 6.08 Å². The Labute approximate surface area is 157 Å². The number of ether oxygens (including phenoxy) is 3. The average Bonchev–Trinajstić information content (AvgIpc) is 2.50. The first-order chi connectivity index (χ1) is 12.8. The largest absolute Gasteiger partial charge is 0.573 e. The Balaban J connectivity index is 2.62. The Morgan fingerprint density at radius 3 is 2.32 bits per heavy atom. The monoisotopic (exact) mass is 412 g/mol. The molecule has 0 aliphatic carbocycles. The van der Waals surface area contributed by atoms with E-state index in [1.165, 1.54) is 6.92 Å². The molecule has 0 saturated carbocycles. The van der Waals surface area contributed by atoms with Gasteiger partial charge in [-0.3, -0.25) is 0 Å². The van der Waals surface area contributed by atoms with Gasteiger partial charge in [0.05, 0.1) is 12.2 Å². The van der Waals surface area contributed by atoms with Crippen molar-refractivity contribution in [3.8, 4) is 11.5 Å². The summed E-state index contributed by atoms with van der Waals surface area (Å²) in [5.74, 6) is -2.20. The van der Waals surface area contributed by atoms with Crippen molar-refractivity contribution < 1.29 is 45.3 Å². The van der Waals surface area contributed by atoms with Gasteiger partial charge in [-0.2, -0.15) is 13.2 Å². The van der Waals surface area contributed by atoms with Crippen molar-refractivity contribution in [2.45, 2.75) is 45.8 Å². The summed E-state index contributed by atoms with van der Waals surface area (Å²) < 4.78 is 91.7. The number of carbonyl (C=O) groups is 1. The van der Waals surface area contributed by atoms with Crippen molar-refractivity contribution in [3.63, 3.8) is 0 Å². The van der Waals surface area contributed by atoms with E-state index in [-0.39, 0.29) is 35.8 Å². The highest BCUT2D eigenvalue weighted by atomic mass is 19.4. The van der Waals surface area contributed by atoms with Crippen molar-refractivity contribution >= 4 is 12.0 Å². The smallest absolute Gasteiger partial charge is 0.475 e. The quantitative estimate of drug-likeness (QED) is 0.501. The Hall–Kier alpha value is -2.39. The highest BCUT2D eigenvalue weighted by molar-refractivity contribution is 5.96. The molecule has 4 nitrogen and oxygen atoms in total. The minimum absolute atomic E-state index is 0.0893. The predicted octanol–water partition coefficient (Wildman–Crippen LogP) is 5.05. The molecule has 0 amide bonds. The lowest BCUT2D eigenvalue weighted by molar-refractivity contribution is -0.274. The lowest BCUT2D eigenvalue weighted by atomic mass is 9.94. The summed E-state index contributed by atoms with van der Waals surface area (Å²) in [6, 6.07) is 1.86. The topological polar surface area (TPSA) is 44.8 Å². The fourth-order valence-corrected chi connectivity index (χ4v) is 2.77. The maximum Gasteiger partial charge on any atom is 0.573 e. The van der Waals surface area contributed by atoms with Crippen LogP contribution in [0.1, 0.15) is 31.9 Å². The fourth-order valence-electron chi connectivity index (χ4n) is 2.77. The minimum atomic E-state index is -4.99. The Morgan fingerprint density at radius 2 is 1.82 bits per heavy atom.